The fourth-order valence-electron chi connectivity index (χ4n) is 4.39. The van der Waals surface area contributed by atoms with Crippen molar-refractivity contribution in [1.29, 1.82) is 0 Å². The molecule has 166 valence electrons. The molecule has 0 atom stereocenters. The number of hydrogen-bond donors (Lipinski definition) is 1. The number of nitrogens with one attached hydrogen (secondary N) is 1. The number of aromatic nitrogens is 2. The highest BCUT2D eigenvalue weighted by molar-refractivity contribution is 7.89. The molecule has 1 aromatic heterocycles. The molecule has 3 aromatic rings. The third kappa shape index (κ3) is 4.20. The SMILES string of the molecule is O=C(Nc1nnc(-c2ccccc2)s1)C1CCN(S(=O)(=O)c2ccc3c(c2)CCC3)CC1. The Labute approximate surface area is 191 Å². The van der Waals surface area contributed by atoms with Crippen molar-refractivity contribution in [3.8, 4) is 10.6 Å². The molecule has 2 aliphatic rings. The van der Waals surface area contributed by atoms with Crippen LogP contribution in [0.1, 0.15) is 30.4 Å². The molecule has 2 heterocycles. The number of nitrogens with zero attached hydrogens (tertiary/aromatic N) is 3. The summed E-state index contributed by atoms with van der Waals surface area (Å²) in [6.45, 7) is 0.672. The lowest BCUT2D eigenvalue weighted by Crippen LogP contribution is -2.41. The molecule has 1 N–H and O–H groups in total. The van der Waals surface area contributed by atoms with Crippen LogP contribution in [0.4, 0.5) is 5.13 Å². The number of carbonyl (C=O) groups is 1. The zero-order valence-corrected chi connectivity index (χ0v) is 19.2. The Hall–Kier alpha value is -2.62. The van der Waals surface area contributed by atoms with Crippen LogP contribution in [0.25, 0.3) is 10.6 Å². The van der Waals surface area contributed by atoms with Crippen LogP contribution in [-0.2, 0) is 27.7 Å². The van der Waals surface area contributed by atoms with Gasteiger partial charge in [-0.25, -0.2) is 8.42 Å². The normalized spacial score (nSPS) is 17.2. The summed E-state index contributed by atoms with van der Waals surface area (Å²) < 4.78 is 27.7. The summed E-state index contributed by atoms with van der Waals surface area (Å²) in [6.07, 6.45) is 4.03. The molecule has 0 saturated carbocycles. The minimum absolute atomic E-state index is 0.129. The molecule has 1 fully saturated rings. The van der Waals surface area contributed by atoms with Gasteiger partial charge in [0.05, 0.1) is 4.90 Å². The van der Waals surface area contributed by atoms with Gasteiger partial charge in [-0.3, -0.25) is 4.79 Å². The van der Waals surface area contributed by atoms with Crippen molar-refractivity contribution >= 4 is 32.4 Å². The minimum Gasteiger partial charge on any atom is -0.300 e. The highest BCUT2D eigenvalue weighted by Gasteiger charge is 2.33. The number of benzene rings is 2. The molecular weight excluding hydrogens is 444 g/mol. The van der Waals surface area contributed by atoms with E-state index in [1.807, 2.05) is 42.5 Å². The predicted molar refractivity (Wildman–Crippen MR) is 124 cm³/mol. The van der Waals surface area contributed by atoms with Crippen LogP contribution in [0.2, 0.25) is 0 Å². The van der Waals surface area contributed by atoms with E-state index in [4.69, 9.17) is 0 Å². The molecule has 0 bridgehead atoms. The number of amides is 1. The molecule has 0 unspecified atom stereocenters. The van der Waals surface area contributed by atoms with E-state index in [0.29, 0.717) is 36.0 Å². The maximum atomic E-state index is 13.1. The third-order valence-corrected chi connectivity index (χ3v) is 8.99. The molecule has 1 amide bonds. The van der Waals surface area contributed by atoms with Crippen LogP contribution in [0.5, 0.6) is 0 Å². The Kier molecular flexibility index (Phi) is 5.79. The molecule has 1 aliphatic carbocycles. The van der Waals surface area contributed by atoms with E-state index in [-0.39, 0.29) is 11.8 Å². The van der Waals surface area contributed by atoms with Gasteiger partial charge < -0.3 is 5.32 Å². The minimum atomic E-state index is -3.54. The van der Waals surface area contributed by atoms with Crippen molar-refractivity contribution < 1.29 is 13.2 Å². The van der Waals surface area contributed by atoms with E-state index in [9.17, 15) is 13.2 Å². The summed E-state index contributed by atoms with van der Waals surface area (Å²) in [5.74, 6) is -0.374. The summed E-state index contributed by atoms with van der Waals surface area (Å²) in [6, 6.07) is 15.2. The van der Waals surface area contributed by atoms with Crippen molar-refractivity contribution in [3.05, 3.63) is 59.7 Å². The van der Waals surface area contributed by atoms with E-state index in [1.165, 1.54) is 21.2 Å². The number of carbonyl (C=O) groups excluding carboxylic acids is 1. The van der Waals surface area contributed by atoms with Gasteiger partial charge in [-0.05, 0) is 55.4 Å². The first-order valence-electron chi connectivity index (χ1n) is 10.8. The molecule has 0 spiro atoms. The lowest BCUT2D eigenvalue weighted by molar-refractivity contribution is -0.120. The topological polar surface area (TPSA) is 92.3 Å². The Morgan fingerprint density at radius 2 is 1.75 bits per heavy atom. The smallest absolute Gasteiger partial charge is 0.243 e. The third-order valence-electron chi connectivity index (χ3n) is 6.21. The molecule has 9 heteroatoms. The zero-order chi connectivity index (χ0) is 22.1. The summed E-state index contributed by atoms with van der Waals surface area (Å²) >= 11 is 1.33. The second-order valence-corrected chi connectivity index (χ2v) is 11.1. The van der Waals surface area contributed by atoms with Gasteiger partial charge in [0, 0.05) is 24.6 Å². The summed E-state index contributed by atoms with van der Waals surface area (Å²) in [7, 11) is -3.54. The fourth-order valence-corrected chi connectivity index (χ4v) is 6.67. The van der Waals surface area contributed by atoms with Crippen molar-refractivity contribution in [1.82, 2.24) is 14.5 Å². The number of anilines is 1. The van der Waals surface area contributed by atoms with Crippen molar-refractivity contribution in [3.63, 3.8) is 0 Å². The van der Waals surface area contributed by atoms with Gasteiger partial charge in [-0.2, -0.15) is 4.31 Å². The van der Waals surface area contributed by atoms with Gasteiger partial charge in [0.2, 0.25) is 21.1 Å². The lowest BCUT2D eigenvalue weighted by Gasteiger charge is -2.30. The maximum absolute atomic E-state index is 13.1. The van der Waals surface area contributed by atoms with Crippen LogP contribution < -0.4 is 5.32 Å². The number of fused-ring (bicyclic) bond motifs is 1. The van der Waals surface area contributed by atoms with E-state index >= 15 is 0 Å². The van der Waals surface area contributed by atoms with Gasteiger partial charge in [-0.15, -0.1) is 10.2 Å². The predicted octanol–water partition coefficient (Wildman–Crippen LogP) is 3.73. The van der Waals surface area contributed by atoms with E-state index in [1.54, 1.807) is 6.07 Å². The van der Waals surface area contributed by atoms with Gasteiger partial charge in [0.15, 0.2) is 0 Å². The number of rotatable bonds is 5. The van der Waals surface area contributed by atoms with E-state index in [2.05, 4.69) is 15.5 Å². The molecule has 1 saturated heterocycles. The number of aryl methyl sites for hydroxylation is 2. The molecule has 2 aromatic carbocycles. The molecule has 7 nitrogen and oxygen atoms in total. The second-order valence-electron chi connectivity index (χ2n) is 8.23. The van der Waals surface area contributed by atoms with Crippen LogP contribution in [-0.4, -0.2) is 41.9 Å². The number of hydrogen-bond acceptors (Lipinski definition) is 6. The standard InChI is InChI=1S/C23H24N4O3S2/c28-21(24-23-26-25-22(31-23)18-5-2-1-3-6-18)17-11-13-27(14-12-17)32(29,30)20-10-9-16-7-4-8-19(16)15-20/h1-3,5-6,9-10,15,17H,4,7-8,11-14H2,(H,24,26,28). The van der Waals surface area contributed by atoms with Crippen molar-refractivity contribution in [2.45, 2.75) is 37.0 Å². The van der Waals surface area contributed by atoms with Gasteiger partial charge in [0.1, 0.15) is 5.01 Å². The first kappa shape index (κ1) is 21.2. The van der Waals surface area contributed by atoms with Crippen LogP contribution in [0.3, 0.4) is 0 Å². The lowest BCUT2D eigenvalue weighted by atomic mass is 9.97. The molecule has 0 radical (unpaired) electrons. The first-order chi connectivity index (χ1) is 15.5. The highest BCUT2D eigenvalue weighted by atomic mass is 32.2. The van der Waals surface area contributed by atoms with Crippen LogP contribution >= 0.6 is 11.3 Å². The first-order valence-corrected chi connectivity index (χ1v) is 13.1. The molecular formula is C23H24N4O3S2. The summed E-state index contributed by atoms with van der Waals surface area (Å²) in [5, 5.41) is 12.3. The Morgan fingerprint density at radius 3 is 2.53 bits per heavy atom. The average Bonchev–Trinajstić information content (AvgIpc) is 3.49. The highest BCUT2D eigenvalue weighted by Crippen LogP contribution is 2.30. The molecule has 5 rings (SSSR count). The Morgan fingerprint density at radius 1 is 1.00 bits per heavy atom. The van der Waals surface area contributed by atoms with Gasteiger partial charge >= 0.3 is 0 Å². The zero-order valence-electron chi connectivity index (χ0n) is 17.5. The monoisotopic (exact) mass is 468 g/mol. The fraction of sp³-hybridized carbons (Fsp3) is 0.348. The van der Waals surface area contributed by atoms with Crippen LogP contribution in [0, 0.1) is 5.92 Å². The average molecular weight is 469 g/mol. The van der Waals surface area contributed by atoms with Crippen molar-refractivity contribution in [2.75, 3.05) is 18.4 Å². The van der Waals surface area contributed by atoms with Gasteiger partial charge in [0.25, 0.3) is 0 Å². The maximum Gasteiger partial charge on any atom is 0.243 e. The van der Waals surface area contributed by atoms with E-state index < -0.39 is 10.0 Å². The quantitative estimate of drug-likeness (QED) is 0.616. The van der Waals surface area contributed by atoms with Crippen LogP contribution in [0.15, 0.2) is 53.4 Å². The summed E-state index contributed by atoms with van der Waals surface area (Å²) in [4.78, 5) is 13.1. The molecule has 32 heavy (non-hydrogen) atoms. The molecule has 1 aliphatic heterocycles. The largest absolute Gasteiger partial charge is 0.300 e. The van der Waals surface area contributed by atoms with Gasteiger partial charge in [-0.1, -0.05) is 47.7 Å². The summed E-state index contributed by atoms with van der Waals surface area (Å²) in [5.41, 5.74) is 3.36. The number of sulfonamides is 1. The Bertz CT molecular complexity index is 1230. The van der Waals surface area contributed by atoms with E-state index in [0.717, 1.165) is 35.4 Å². The number of piperidine rings is 1. The Balaban J connectivity index is 1.20. The van der Waals surface area contributed by atoms with Crippen molar-refractivity contribution in [2.24, 2.45) is 5.92 Å². The second kappa shape index (κ2) is 8.73.